The molecule has 0 bridgehead atoms. The zero-order valence-corrected chi connectivity index (χ0v) is 63.6. The molecule has 30 heteroatoms. The number of ether oxygens (including phenoxy) is 6. The van der Waals surface area contributed by atoms with Crippen molar-refractivity contribution in [2.24, 2.45) is 11.3 Å². The molecule has 5 aromatic carbocycles. The van der Waals surface area contributed by atoms with E-state index in [0.29, 0.717) is 103 Å². The zero-order valence-electron chi connectivity index (χ0n) is 63.6. The van der Waals surface area contributed by atoms with Gasteiger partial charge in [0.15, 0.2) is 29.2 Å². The van der Waals surface area contributed by atoms with Crippen LogP contribution in [-0.4, -0.2) is 191 Å². The molecule has 2 saturated heterocycles. The number of likely N-dealkylation sites (tertiary alicyclic amines) is 1. The number of nitrogens with zero attached hydrogens (tertiary/aromatic N) is 9. The van der Waals surface area contributed by atoms with Crippen molar-refractivity contribution in [3.8, 4) is 51.4 Å². The first-order valence-corrected chi connectivity index (χ1v) is 38.0. The minimum Gasteiger partial charge on any atom is -0.493 e. The molecule has 8 heterocycles. The molecule has 30 nitrogen and oxygen atoms in total. The predicted molar refractivity (Wildman–Crippen MR) is 412 cm³/mol. The number of aromatic nitrogens is 4. The number of carbonyl (C=O) groups is 9. The maximum Gasteiger partial charge on any atom is 0.416 e. The van der Waals surface area contributed by atoms with Crippen molar-refractivity contribution in [1.29, 1.82) is 0 Å². The lowest BCUT2D eigenvalue weighted by Gasteiger charge is -2.31. The van der Waals surface area contributed by atoms with E-state index in [0.717, 1.165) is 51.3 Å². The number of fused-ring (bicyclic) bond motifs is 9. The number of aliphatic hydroxyl groups is 1. The first-order valence-electron chi connectivity index (χ1n) is 38.0. The molecule has 2 aromatic heterocycles. The summed E-state index contributed by atoms with van der Waals surface area (Å²) in [5, 5.41) is 35.6. The largest absolute Gasteiger partial charge is 0.493 e. The topological polar surface area (TPSA) is 349 Å². The predicted octanol–water partition coefficient (Wildman–Crippen LogP) is 8.63. The minimum absolute atomic E-state index is 0.0273. The molecule has 0 radical (unpaired) electrons. The molecule has 1 saturated carbocycles. The second kappa shape index (κ2) is 32.9. The van der Waals surface area contributed by atoms with Crippen molar-refractivity contribution < 1.29 is 76.7 Å². The van der Waals surface area contributed by atoms with Gasteiger partial charge in [0.2, 0.25) is 41.3 Å². The highest BCUT2D eigenvalue weighted by molar-refractivity contribution is 6.07. The van der Waals surface area contributed by atoms with Crippen LogP contribution in [0.3, 0.4) is 0 Å². The molecule has 1 spiro atoms. The number of carbonyl (C=O) groups excluding carboxylic acids is 9. The Bertz CT molecular complexity index is 4830. The lowest BCUT2D eigenvalue weighted by molar-refractivity contribution is -0.139. The third-order valence-corrected chi connectivity index (χ3v) is 22.1. The van der Waals surface area contributed by atoms with Gasteiger partial charge in [-0.15, -0.1) is 5.10 Å². The quantitative estimate of drug-likeness (QED) is 0.0276. The summed E-state index contributed by atoms with van der Waals surface area (Å²) in [6.45, 7) is 8.13. The Morgan fingerprint density at radius 3 is 2.19 bits per heavy atom. The van der Waals surface area contributed by atoms with E-state index in [1.165, 1.54) is 31.3 Å². The van der Waals surface area contributed by atoms with Crippen LogP contribution in [0.2, 0.25) is 0 Å². The number of hydrogen-bond acceptors (Lipinski definition) is 20. The van der Waals surface area contributed by atoms with Crippen molar-refractivity contribution >= 4 is 81.7 Å². The van der Waals surface area contributed by atoms with Gasteiger partial charge in [0.05, 0.1) is 100 Å². The number of amides is 9. The number of hydrogen-bond donors (Lipinski definition) is 6. The molecule has 6 N–H and O–H groups in total. The second-order valence-corrected chi connectivity index (χ2v) is 29.7. The van der Waals surface area contributed by atoms with Crippen LogP contribution in [0.1, 0.15) is 135 Å². The molecule has 9 amide bonds. The van der Waals surface area contributed by atoms with Gasteiger partial charge >= 0.3 is 6.09 Å². The number of benzene rings is 5. The van der Waals surface area contributed by atoms with Crippen LogP contribution < -0.4 is 60.1 Å². The van der Waals surface area contributed by atoms with E-state index < -0.39 is 73.1 Å². The lowest BCUT2D eigenvalue weighted by Crippen LogP contribution is -2.55. The number of anilines is 4. The summed E-state index contributed by atoms with van der Waals surface area (Å²) in [7, 11) is 4.50. The highest BCUT2D eigenvalue weighted by atomic mass is 16.6. The minimum atomic E-state index is -1.50. The van der Waals surface area contributed by atoms with E-state index in [9.17, 15) is 48.3 Å². The van der Waals surface area contributed by atoms with Crippen LogP contribution >= 0.6 is 0 Å². The summed E-state index contributed by atoms with van der Waals surface area (Å²) < 4.78 is 37.1. The van der Waals surface area contributed by atoms with Crippen molar-refractivity contribution in [3.63, 3.8) is 0 Å². The van der Waals surface area contributed by atoms with Crippen LogP contribution in [0.5, 0.6) is 28.9 Å². The lowest BCUT2D eigenvalue weighted by atomic mass is 9.95. The molecule has 112 heavy (non-hydrogen) atoms. The molecular formula is C82H92N14O16. The fraction of sp³-hybridized carbons (Fsp3) is 0.415. The molecule has 6 atom stereocenters. The molecule has 0 unspecified atom stereocenters. The summed E-state index contributed by atoms with van der Waals surface area (Å²) in [5.41, 5.74) is 8.43. The Hall–Kier alpha value is -12.1. The maximum absolute atomic E-state index is 14.6. The van der Waals surface area contributed by atoms with Gasteiger partial charge in [-0.2, -0.15) is 0 Å². The van der Waals surface area contributed by atoms with Crippen LogP contribution in [0, 0.1) is 11.3 Å². The maximum atomic E-state index is 14.6. The molecule has 1 aliphatic carbocycles. The molecular weight excluding hydrogens is 1440 g/mol. The van der Waals surface area contributed by atoms with Gasteiger partial charge in [0.1, 0.15) is 24.4 Å². The Morgan fingerprint density at radius 1 is 0.750 bits per heavy atom. The average molecular weight is 1530 g/mol. The number of aliphatic hydroxyl groups excluding tert-OH is 1. The monoisotopic (exact) mass is 1530 g/mol. The summed E-state index contributed by atoms with van der Waals surface area (Å²) >= 11 is 0. The van der Waals surface area contributed by atoms with Gasteiger partial charge in [-0.1, -0.05) is 80.1 Å². The SMILES string of the molecule is CC[C@H](C)[C@H](NC(=O)[C@@H]1CCCN1C(=O)CNC(=O)CNC(=O)CCC(=O)N1Cc2ccccc2-c2nnn(C(C)C)c2-c2ccccc21)C(=O)Nc1ccc(COC(=O)N2c3cc(OCCCOc4cc5c(cc4OC)C(=O)N4C=C(c6ccc(OC)nc6)C[C@H]4CN5)c(OC)cc3C(=O)N3CC4(CC4)C[C@H]3[C@@H]2O)cc1. The first-order chi connectivity index (χ1) is 54.1. The summed E-state index contributed by atoms with van der Waals surface area (Å²) in [5.74, 6) is -2.33. The van der Waals surface area contributed by atoms with Crippen LogP contribution in [0.25, 0.3) is 28.1 Å². The number of pyridine rings is 1. The van der Waals surface area contributed by atoms with Gasteiger partial charge in [-0.05, 0) is 122 Å². The zero-order chi connectivity index (χ0) is 78.6. The standard InChI is InChI=1S/C82H92N14O16/c1-8-48(4)73(88-76(101)61-19-13-30-91(61)72(100)42-85-69(98)41-84-68(97)25-27-71(99)93-43-51-15-9-10-16-55(51)74-75(96(47(2)3)90-89-74)56-17-11-12-18-60(56)93)77(102)87-53-23-20-49(21-24-53)45-112-81(106)95-62-37-67(65(108-6)35-58(62)79(104)94-46-82(28-29-82)38-63(94)80(95)105)111-32-14-31-110-66-36-59-57(34-64(66)107-5)78(103)92-44-52(33-54(92)40-83-59)50-22-26-70(109-7)86-39-50/h9-12,15-18,20-24,26,34-37,39,44,47-48,54,61,63,73,80,83,105H,8,13-14,19,25,27-33,38,40-43,45-46H2,1-7H3,(H,84,97)(H,85,98)(H,87,102)(H,88,101)/t48-,54-,61-,63-,73-,80-/m0/s1. The summed E-state index contributed by atoms with van der Waals surface area (Å²) in [6, 6.07) is 29.0. The van der Waals surface area contributed by atoms with Crippen LogP contribution in [0.15, 0.2) is 122 Å². The molecule has 6 aliphatic heterocycles. The van der Waals surface area contributed by atoms with E-state index >= 15 is 0 Å². The molecule has 3 fully saturated rings. The van der Waals surface area contributed by atoms with Crippen molar-refractivity contribution in [1.82, 2.24) is 50.6 Å². The van der Waals surface area contributed by atoms with Gasteiger partial charge < -0.3 is 79.7 Å². The number of rotatable bonds is 26. The van der Waals surface area contributed by atoms with Crippen LogP contribution in [-0.2, 0) is 46.7 Å². The molecule has 14 rings (SSSR count). The van der Waals surface area contributed by atoms with Gasteiger partial charge in [-0.3, -0.25) is 38.4 Å². The van der Waals surface area contributed by atoms with Gasteiger partial charge in [0, 0.05) is 92.3 Å². The molecule has 7 aliphatic rings. The molecule has 586 valence electrons. The number of nitrogens with one attached hydrogen (secondary N) is 5. The van der Waals surface area contributed by atoms with E-state index in [4.69, 9.17) is 28.4 Å². The van der Waals surface area contributed by atoms with E-state index in [1.807, 2.05) is 93.2 Å². The second-order valence-electron chi connectivity index (χ2n) is 29.7. The highest BCUT2D eigenvalue weighted by Crippen LogP contribution is 2.57. The smallest absolute Gasteiger partial charge is 0.416 e. The van der Waals surface area contributed by atoms with Crippen molar-refractivity contribution in [3.05, 3.63) is 149 Å². The van der Waals surface area contributed by atoms with Gasteiger partial charge in [0.25, 0.3) is 11.8 Å². The fourth-order valence-corrected chi connectivity index (χ4v) is 15.6. The highest BCUT2D eigenvalue weighted by Gasteiger charge is 2.58. The van der Waals surface area contributed by atoms with E-state index in [-0.39, 0.29) is 110 Å². The number of methoxy groups -OCH3 is 3. The fourth-order valence-electron chi connectivity index (χ4n) is 15.6. The van der Waals surface area contributed by atoms with E-state index in [1.54, 1.807) is 70.5 Å². The Balaban J connectivity index is 0.557. The number of para-hydroxylation sites is 1. The van der Waals surface area contributed by atoms with Gasteiger partial charge in [-0.25, -0.2) is 19.4 Å². The Labute approximate surface area is 647 Å². The third kappa shape index (κ3) is 15.8. The van der Waals surface area contributed by atoms with E-state index in [2.05, 4.69) is 41.9 Å². The first kappa shape index (κ1) is 76.7. The summed E-state index contributed by atoms with van der Waals surface area (Å²) in [4.78, 5) is 137. The average Bonchev–Trinajstić information content (AvgIpc) is 1.56. The Morgan fingerprint density at radius 2 is 1.47 bits per heavy atom. The third-order valence-electron chi connectivity index (χ3n) is 22.1. The van der Waals surface area contributed by atoms with Crippen molar-refractivity contribution in [2.75, 3.05) is 87.7 Å². The molecule has 7 aromatic rings. The van der Waals surface area contributed by atoms with Crippen LogP contribution in [0.4, 0.5) is 27.5 Å². The normalized spacial score (nSPS) is 18.7. The Kier molecular flexibility index (Phi) is 22.5. The summed E-state index contributed by atoms with van der Waals surface area (Å²) in [6.07, 6.45) is 5.33. The van der Waals surface area contributed by atoms with Crippen molar-refractivity contribution in [2.45, 2.75) is 141 Å².